The van der Waals surface area contributed by atoms with Gasteiger partial charge in [0.1, 0.15) is 12.6 Å². The molecule has 0 aromatic carbocycles. The maximum Gasteiger partial charge on any atom is 0.306 e. The first kappa shape index (κ1) is 57.5. The van der Waals surface area contributed by atoms with Gasteiger partial charge in [0, 0.05) is 19.3 Å². The molecule has 0 saturated carbocycles. The first-order valence-corrected chi connectivity index (χ1v) is 23.2. The number of hydrogen-bond donors (Lipinski definition) is 0. The van der Waals surface area contributed by atoms with Gasteiger partial charge in [-0.25, -0.2) is 0 Å². The molecule has 0 aliphatic rings. The Hall–Kier alpha value is -4.53. The minimum absolute atomic E-state index is 0.00679. The second-order valence-corrected chi connectivity index (χ2v) is 15.9. The third kappa shape index (κ3) is 40.9. The van der Waals surface area contributed by atoms with Crippen molar-refractivity contribution in [2.24, 2.45) is 0 Å². The van der Waals surface area contributed by atoms with Gasteiger partial charge in [-0.2, -0.15) is 0 Å². The summed E-state index contributed by atoms with van der Waals surface area (Å²) in [5, 5.41) is 11.6. The summed E-state index contributed by atoms with van der Waals surface area (Å²) < 4.78 is 17.1. The number of hydrogen-bond acceptors (Lipinski definition) is 7. The fourth-order valence-electron chi connectivity index (χ4n) is 5.77. The number of carbonyl (C=O) groups is 3. The number of quaternary nitrogens is 1. The summed E-state index contributed by atoms with van der Waals surface area (Å²) in [6.45, 7) is 4.28. The van der Waals surface area contributed by atoms with Gasteiger partial charge in [0.15, 0.2) is 6.10 Å². The first-order valence-electron chi connectivity index (χ1n) is 23.2. The van der Waals surface area contributed by atoms with Crippen molar-refractivity contribution in [2.45, 2.75) is 148 Å². The van der Waals surface area contributed by atoms with Crippen molar-refractivity contribution in [3.05, 3.63) is 134 Å². The quantitative estimate of drug-likeness (QED) is 0.0262. The Balaban J connectivity index is 4.54. The molecule has 0 aromatic rings. The molecule has 0 heterocycles. The fraction of sp³-hybridized carbons (Fsp3) is 0.537. The summed E-state index contributed by atoms with van der Waals surface area (Å²) in [5.41, 5.74) is 0. The van der Waals surface area contributed by atoms with Gasteiger partial charge in [-0.15, -0.1) is 0 Å². The first-order chi connectivity index (χ1) is 30.1. The highest BCUT2D eigenvalue weighted by Gasteiger charge is 2.25. The summed E-state index contributed by atoms with van der Waals surface area (Å²) >= 11 is 0. The number of carboxylic acid groups (broad SMARTS) is 1. The van der Waals surface area contributed by atoms with Crippen LogP contribution in [0.15, 0.2) is 134 Å². The maximum atomic E-state index is 12.7. The molecule has 0 amide bonds. The molecule has 0 saturated heterocycles. The number of rotatable bonds is 39. The lowest BCUT2D eigenvalue weighted by atomic mass is 10.1. The lowest BCUT2D eigenvalue weighted by Gasteiger charge is -2.34. The summed E-state index contributed by atoms with van der Waals surface area (Å²) in [5.74, 6) is -1.91. The van der Waals surface area contributed by atoms with E-state index in [0.29, 0.717) is 12.8 Å². The fourth-order valence-corrected chi connectivity index (χ4v) is 5.77. The molecular formula is C54H83NO7. The van der Waals surface area contributed by atoms with Gasteiger partial charge < -0.3 is 28.6 Å². The standard InChI is InChI=1S/C54H83NO7/c1-6-8-10-12-14-16-18-20-22-24-26-28-30-32-34-36-38-40-42-44-52(56)61-49-50(48-60-47-46-51(54(58)59)55(3,4)5)62-53(57)45-43-41-39-37-35-33-31-29-27-25-23-21-19-17-15-13-11-9-7-2/h8-11,14-17,20-23,26-29,32-35,38,40,50-51H,6-7,12-13,18-19,24-25,30-31,36-37,39,41-49H2,1-5H3/b10-8+,11-9+,16-14+,17-15+,22-20+,23-21+,28-26+,29-27+,34-32+,35-33+,40-38+. The van der Waals surface area contributed by atoms with Crippen LogP contribution in [0, 0.1) is 0 Å². The zero-order valence-corrected chi connectivity index (χ0v) is 39.2. The summed E-state index contributed by atoms with van der Waals surface area (Å²) in [6, 6.07) is -0.752. The van der Waals surface area contributed by atoms with Crippen LogP contribution in [0.4, 0.5) is 0 Å². The topological polar surface area (TPSA) is 102 Å². The number of allylic oxidation sites excluding steroid dienone is 22. The van der Waals surface area contributed by atoms with Crippen LogP contribution in [0.5, 0.6) is 0 Å². The lowest BCUT2D eigenvalue weighted by molar-refractivity contribution is -0.889. The highest BCUT2D eigenvalue weighted by atomic mass is 16.6. The SMILES string of the molecule is CC/C=C/C/C=C/C/C=C/C/C=C/C/C=C/C/C=C/CCC(=O)OCC(COCCC(C(=O)[O-])[N+](C)(C)C)OC(=O)CCCCC/C=C/C/C=C/C/C=C/C/C=C/C/C=C/CC. The van der Waals surface area contributed by atoms with Crippen molar-refractivity contribution in [3.8, 4) is 0 Å². The number of ether oxygens (including phenoxy) is 3. The maximum absolute atomic E-state index is 12.7. The van der Waals surface area contributed by atoms with Gasteiger partial charge in [-0.3, -0.25) is 9.59 Å². The third-order valence-electron chi connectivity index (χ3n) is 9.30. The molecule has 0 radical (unpaired) electrons. The minimum atomic E-state index is -1.15. The van der Waals surface area contributed by atoms with Crippen LogP contribution in [0.25, 0.3) is 0 Å². The highest BCUT2D eigenvalue weighted by molar-refractivity contribution is 5.70. The Labute approximate surface area is 377 Å². The molecule has 2 atom stereocenters. The van der Waals surface area contributed by atoms with Crippen LogP contribution in [0.3, 0.4) is 0 Å². The molecule has 8 heteroatoms. The van der Waals surface area contributed by atoms with Crippen LogP contribution in [-0.4, -0.2) is 75.5 Å². The Morgan fingerprint density at radius 3 is 1.29 bits per heavy atom. The lowest BCUT2D eigenvalue weighted by Crippen LogP contribution is -2.55. The van der Waals surface area contributed by atoms with Gasteiger partial charge in [0.05, 0.1) is 40.3 Å². The average molecular weight is 858 g/mol. The second-order valence-electron chi connectivity index (χ2n) is 15.9. The molecule has 346 valence electrons. The highest BCUT2D eigenvalue weighted by Crippen LogP contribution is 2.10. The van der Waals surface area contributed by atoms with Crippen molar-refractivity contribution in [1.29, 1.82) is 0 Å². The number of nitrogens with zero attached hydrogens (tertiary/aromatic N) is 1. The van der Waals surface area contributed by atoms with Gasteiger partial charge >= 0.3 is 11.9 Å². The Bertz CT molecular complexity index is 1470. The molecule has 0 aromatic heterocycles. The molecule has 2 unspecified atom stereocenters. The van der Waals surface area contributed by atoms with Crippen molar-refractivity contribution in [2.75, 3.05) is 41.0 Å². The molecule has 0 rings (SSSR count). The molecule has 0 aliphatic heterocycles. The molecule has 8 nitrogen and oxygen atoms in total. The van der Waals surface area contributed by atoms with E-state index >= 15 is 0 Å². The average Bonchev–Trinajstić information content (AvgIpc) is 3.23. The zero-order valence-electron chi connectivity index (χ0n) is 39.2. The van der Waals surface area contributed by atoms with Crippen LogP contribution >= 0.6 is 0 Å². The van der Waals surface area contributed by atoms with E-state index in [-0.39, 0.29) is 55.5 Å². The molecule has 0 bridgehead atoms. The Morgan fingerprint density at radius 1 is 0.484 bits per heavy atom. The van der Waals surface area contributed by atoms with E-state index in [1.165, 1.54) is 0 Å². The third-order valence-corrected chi connectivity index (χ3v) is 9.30. The van der Waals surface area contributed by atoms with E-state index in [1.54, 1.807) is 21.1 Å². The second kappa shape index (κ2) is 43.1. The molecule has 0 N–H and O–H groups in total. The van der Waals surface area contributed by atoms with Crippen LogP contribution in [0.1, 0.15) is 136 Å². The number of carboxylic acids is 1. The summed E-state index contributed by atoms with van der Waals surface area (Å²) in [7, 11) is 5.36. The number of aliphatic carboxylic acids is 1. The Morgan fingerprint density at radius 2 is 0.887 bits per heavy atom. The zero-order chi connectivity index (χ0) is 45.6. The number of unbranched alkanes of at least 4 members (excludes halogenated alkanes) is 3. The van der Waals surface area contributed by atoms with Crippen molar-refractivity contribution >= 4 is 17.9 Å². The predicted molar refractivity (Wildman–Crippen MR) is 258 cm³/mol. The van der Waals surface area contributed by atoms with E-state index in [1.807, 2.05) is 12.2 Å². The van der Waals surface area contributed by atoms with Crippen molar-refractivity contribution in [3.63, 3.8) is 0 Å². The number of carbonyl (C=O) groups excluding carboxylic acids is 3. The largest absolute Gasteiger partial charge is 0.544 e. The number of likely N-dealkylation sites (N-methyl/N-ethyl adjacent to an activating group) is 1. The normalized spacial score (nSPS) is 14.1. The van der Waals surface area contributed by atoms with Crippen LogP contribution < -0.4 is 5.11 Å². The monoisotopic (exact) mass is 858 g/mol. The summed E-state index contributed by atoms with van der Waals surface area (Å²) in [4.78, 5) is 36.9. The predicted octanol–water partition coefficient (Wildman–Crippen LogP) is 11.9. The molecule has 0 aliphatic carbocycles. The number of esters is 2. The van der Waals surface area contributed by atoms with E-state index < -0.39 is 18.1 Å². The van der Waals surface area contributed by atoms with Gasteiger partial charge in [0.25, 0.3) is 0 Å². The molecule has 0 spiro atoms. The van der Waals surface area contributed by atoms with E-state index in [4.69, 9.17) is 14.2 Å². The smallest absolute Gasteiger partial charge is 0.306 e. The summed E-state index contributed by atoms with van der Waals surface area (Å²) in [6.07, 6.45) is 62.1. The molecule has 62 heavy (non-hydrogen) atoms. The van der Waals surface area contributed by atoms with Gasteiger partial charge in [-0.1, -0.05) is 154 Å². The molecule has 0 fully saturated rings. The van der Waals surface area contributed by atoms with Crippen molar-refractivity contribution in [1.82, 2.24) is 0 Å². The molecular weight excluding hydrogens is 775 g/mol. The van der Waals surface area contributed by atoms with E-state index in [9.17, 15) is 19.5 Å². The van der Waals surface area contributed by atoms with Crippen LogP contribution in [0.2, 0.25) is 0 Å². The van der Waals surface area contributed by atoms with Gasteiger partial charge in [-0.05, 0) is 96.3 Å². The van der Waals surface area contributed by atoms with Crippen LogP contribution in [-0.2, 0) is 28.6 Å². The Kier molecular flexibility index (Phi) is 40.0. The van der Waals surface area contributed by atoms with E-state index in [2.05, 4.69) is 135 Å². The van der Waals surface area contributed by atoms with Gasteiger partial charge in [0.2, 0.25) is 0 Å². The minimum Gasteiger partial charge on any atom is -0.544 e. The van der Waals surface area contributed by atoms with Crippen molar-refractivity contribution < 1.29 is 38.2 Å². The van der Waals surface area contributed by atoms with E-state index in [0.717, 1.165) is 89.9 Å².